The molecule has 0 bridgehead atoms. The van der Waals surface area contributed by atoms with Crippen LogP contribution in [-0.4, -0.2) is 27.9 Å². The van der Waals surface area contributed by atoms with Crippen molar-refractivity contribution in [1.82, 2.24) is 9.55 Å². The van der Waals surface area contributed by atoms with Crippen LogP contribution in [0, 0.1) is 6.92 Å². The molecule has 0 aliphatic carbocycles. The van der Waals surface area contributed by atoms with Gasteiger partial charge in [0, 0.05) is 22.4 Å². The molecule has 1 aromatic heterocycles. The van der Waals surface area contributed by atoms with Crippen molar-refractivity contribution in [2.24, 2.45) is 0 Å². The van der Waals surface area contributed by atoms with Gasteiger partial charge in [-0.15, -0.1) is 0 Å². The molecular weight excluding hydrogens is 298 g/mol. The summed E-state index contributed by atoms with van der Waals surface area (Å²) in [6, 6.07) is 5.85. The number of halogens is 1. The summed E-state index contributed by atoms with van der Waals surface area (Å²) >= 11 is 6.46. The molecule has 2 heterocycles. The zero-order valence-electron chi connectivity index (χ0n) is 13.6. The number of hydrogen-bond donors (Lipinski definition) is 0. The quantitative estimate of drug-likeness (QED) is 0.798. The van der Waals surface area contributed by atoms with Crippen molar-refractivity contribution in [2.75, 3.05) is 0 Å². The Hall–Kier alpha value is -1.30. The van der Waals surface area contributed by atoms with Crippen molar-refractivity contribution in [3.63, 3.8) is 0 Å². The summed E-state index contributed by atoms with van der Waals surface area (Å²) in [4.78, 5) is 4.23. The van der Waals surface area contributed by atoms with Gasteiger partial charge in [0.05, 0.1) is 23.2 Å². The number of nitrogens with zero attached hydrogens (tertiary/aromatic N) is 2. The Morgan fingerprint density at radius 3 is 2.27 bits per heavy atom. The summed E-state index contributed by atoms with van der Waals surface area (Å²) in [6.45, 7) is 10.1. The summed E-state index contributed by atoms with van der Waals surface area (Å²) in [5, 5.41) is 0.627. The van der Waals surface area contributed by atoms with Crippen LogP contribution in [0.3, 0.4) is 0 Å². The molecule has 0 radical (unpaired) electrons. The minimum Gasteiger partial charge on any atom is -0.399 e. The first-order valence-corrected chi connectivity index (χ1v) is 7.73. The molecule has 3 rings (SSSR count). The fourth-order valence-electron chi connectivity index (χ4n) is 2.40. The van der Waals surface area contributed by atoms with Crippen molar-refractivity contribution >= 4 is 24.2 Å². The highest BCUT2D eigenvalue weighted by atomic mass is 35.5. The standard InChI is InChI=1S/C16H20BClN2O2/c1-11-9-20(10-19-11)12-6-7-13(14(18)8-12)17-21-15(2,3)16(4,5)22-17/h6-10H,1-5H3. The van der Waals surface area contributed by atoms with Crippen LogP contribution in [0.25, 0.3) is 5.69 Å². The lowest BCUT2D eigenvalue weighted by Crippen LogP contribution is -2.41. The Labute approximate surface area is 136 Å². The summed E-state index contributed by atoms with van der Waals surface area (Å²) in [5.41, 5.74) is 2.03. The van der Waals surface area contributed by atoms with Crippen LogP contribution in [0.4, 0.5) is 0 Å². The topological polar surface area (TPSA) is 36.3 Å². The number of benzene rings is 1. The summed E-state index contributed by atoms with van der Waals surface area (Å²) in [6.07, 6.45) is 3.73. The SMILES string of the molecule is Cc1cn(-c2ccc(B3OC(C)(C)C(C)(C)O3)c(Cl)c2)cn1. The molecule has 1 aliphatic heterocycles. The Kier molecular flexibility index (Phi) is 3.63. The van der Waals surface area contributed by atoms with Crippen molar-refractivity contribution < 1.29 is 9.31 Å². The molecule has 6 heteroatoms. The van der Waals surface area contributed by atoms with E-state index in [4.69, 9.17) is 20.9 Å². The summed E-state index contributed by atoms with van der Waals surface area (Å²) in [5.74, 6) is 0. The average Bonchev–Trinajstić information content (AvgIpc) is 2.91. The van der Waals surface area contributed by atoms with E-state index in [0.717, 1.165) is 16.8 Å². The molecule has 4 nitrogen and oxygen atoms in total. The van der Waals surface area contributed by atoms with Crippen LogP contribution in [0.2, 0.25) is 5.02 Å². The number of hydrogen-bond acceptors (Lipinski definition) is 3. The molecule has 2 aromatic rings. The minimum absolute atomic E-state index is 0.374. The van der Waals surface area contributed by atoms with Crippen LogP contribution in [0.5, 0.6) is 0 Å². The van der Waals surface area contributed by atoms with Gasteiger partial charge in [-0.1, -0.05) is 17.7 Å². The first-order chi connectivity index (χ1) is 10.2. The molecule has 116 valence electrons. The molecule has 0 spiro atoms. The highest BCUT2D eigenvalue weighted by Crippen LogP contribution is 2.37. The first-order valence-electron chi connectivity index (χ1n) is 7.36. The van der Waals surface area contributed by atoms with E-state index in [1.807, 2.05) is 63.6 Å². The van der Waals surface area contributed by atoms with E-state index in [1.54, 1.807) is 6.33 Å². The number of aromatic nitrogens is 2. The fraction of sp³-hybridized carbons (Fsp3) is 0.438. The van der Waals surface area contributed by atoms with E-state index in [9.17, 15) is 0 Å². The third-order valence-corrected chi connectivity index (χ3v) is 4.83. The number of aryl methyl sites for hydroxylation is 1. The maximum atomic E-state index is 6.46. The number of rotatable bonds is 2. The van der Waals surface area contributed by atoms with Gasteiger partial charge in [-0.05, 0) is 46.8 Å². The fourth-order valence-corrected chi connectivity index (χ4v) is 2.66. The van der Waals surface area contributed by atoms with E-state index in [0.29, 0.717) is 5.02 Å². The highest BCUT2D eigenvalue weighted by Gasteiger charge is 2.52. The van der Waals surface area contributed by atoms with Crippen molar-refractivity contribution in [3.05, 3.63) is 41.4 Å². The third-order valence-electron chi connectivity index (χ3n) is 4.50. The predicted molar refractivity (Wildman–Crippen MR) is 89.0 cm³/mol. The van der Waals surface area contributed by atoms with Crippen LogP contribution in [0.15, 0.2) is 30.7 Å². The lowest BCUT2D eigenvalue weighted by Gasteiger charge is -2.32. The molecule has 1 fully saturated rings. The maximum absolute atomic E-state index is 6.46. The van der Waals surface area contributed by atoms with E-state index in [2.05, 4.69) is 4.98 Å². The molecule has 22 heavy (non-hydrogen) atoms. The predicted octanol–water partition coefficient (Wildman–Crippen LogP) is 3.13. The van der Waals surface area contributed by atoms with Gasteiger partial charge >= 0.3 is 7.12 Å². The first kappa shape index (κ1) is 15.6. The van der Waals surface area contributed by atoms with Crippen LogP contribution in [0.1, 0.15) is 33.4 Å². The second-order valence-electron chi connectivity index (χ2n) is 6.72. The largest absolute Gasteiger partial charge is 0.496 e. The van der Waals surface area contributed by atoms with Gasteiger partial charge in [-0.2, -0.15) is 0 Å². The molecule has 0 atom stereocenters. The average molecular weight is 319 g/mol. The van der Waals surface area contributed by atoms with E-state index in [-0.39, 0.29) is 11.2 Å². The van der Waals surface area contributed by atoms with Gasteiger partial charge in [0.15, 0.2) is 0 Å². The smallest absolute Gasteiger partial charge is 0.399 e. The monoisotopic (exact) mass is 318 g/mol. The molecule has 1 aliphatic rings. The molecule has 1 saturated heterocycles. The van der Waals surface area contributed by atoms with Gasteiger partial charge in [-0.3, -0.25) is 0 Å². The highest BCUT2D eigenvalue weighted by molar-refractivity contribution is 6.65. The van der Waals surface area contributed by atoms with Gasteiger partial charge in [-0.25, -0.2) is 4.98 Å². The zero-order chi connectivity index (χ0) is 16.1. The van der Waals surface area contributed by atoms with E-state index in [1.165, 1.54) is 0 Å². The Morgan fingerprint density at radius 2 is 1.77 bits per heavy atom. The van der Waals surface area contributed by atoms with Crippen LogP contribution in [-0.2, 0) is 9.31 Å². The van der Waals surface area contributed by atoms with Crippen molar-refractivity contribution in [1.29, 1.82) is 0 Å². The molecule has 1 aromatic carbocycles. The van der Waals surface area contributed by atoms with Gasteiger partial charge < -0.3 is 13.9 Å². The second-order valence-corrected chi connectivity index (χ2v) is 7.12. The number of imidazole rings is 1. The molecule has 0 saturated carbocycles. The lowest BCUT2D eigenvalue weighted by atomic mass is 9.79. The second kappa shape index (κ2) is 5.12. The lowest BCUT2D eigenvalue weighted by molar-refractivity contribution is 0.00578. The Morgan fingerprint density at radius 1 is 1.14 bits per heavy atom. The molecule has 0 amide bonds. The van der Waals surface area contributed by atoms with Crippen LogP contribution < -0.4 is 5.46 Å². The third kappa shape index (κ3) is 2.58. The Balaban J connectivity index is 1.91. The van der Waals surface area contributed by atoms with Crippen LogP contribution >= 0.6 is 11.6 Å². The van der Waals surface area contributed by atoms with Crippen molar-refractivity contribution in [3.8, 4) is 5.69 Å². The van der Waals surface area contributed by atoms with Gasteiger partial charge in [0.1, 0.15) is 0 Å². The zero-order valence-corrected chi connectivity index (χ0v) is 14.3. The summed E-state index contributed by atoms with van der Waals surface area (Å²) in [7, 11) is -0.448. The summed E-state index contributed by atoms with van der Waals surface area (Å²) < 4.78 is 14.0. The van der Waals surface area contributed by atoms with Crippen molar-refractivity contribution in [2.45, 2.75) is 45.8 Å². The van der Waals surface area contributed by atoms with Gasteiger partial charge in [0.25, 0.3) is 0 Å². The molecular formula is C16H20BClN2O2. The minimum atomic E-state index is -0.448. The normalized spacial score (nSPS) is 19.6. The molecule has 0 unspecified atom stereocenters. The van der Waals surface area contributed by atoms with E-state index < -0.39 is 7.12 Å². The molecule has 0 N–H and O–H groups in total. The van der Waals surface area contributed by atoms with E-state index >= 15 is 0 Å². The van der Waals surface area contributed by atoms with Gasteiger partial charge in [0.2, 0.25) is 0 Å². The Bertz CT molecular complexity index is 696. The maximum Gasteiger partial charge on any atom is 0.496 e.